The third-order valence-corrected chi connectivity index (χ3v) is 6.63. The van der Waals surface area contributed by atoms with E-state index in [0.29, 0.717) is 30.5 Å². The Morgan fingerprint density at radius 1 is 1.36 bits per heavy atom. The zero-order chi connectivity index (χ0) is 19.9. The molecule has 1 aromatic carbocycles. The maximum Gasteiger partial charge on any atom is 0.357 e. The summed E-state index contributed by atoms with van der Waals surface area (Å²) in [6.07, 6.45) is 1.72. The number of ether oxygens (including phenoxy) is 2. The van der Waals surface area contributed by atoms with Gasteiger partial charge in [0.1, 0.15) is 10.8 Å². The van der Waals surface area contributed by atoms with Gasteiger partial charge in [-0.2, -0.15) is 0 Å². The zero-order valence-corrected chi connectivity index (χ0v) is 17.1. The molecule has 4 rings (SSSR count). The Morgan fingerprint density at radius 2 is 2.14 bits per heavy atom. The van der Waals surface area contributed by atoms with E-state index in [4.69, 9.17) is 9.47 Å². The molecule has 0 unspecified atom stereocenters. The lowest BCUT2D eigenvalue weighted by molar-refractivity contribution is -0.123. The molecule has 148 valence electrons. The number of carbonyl (C=O) groups excluding carboxylic acids is 2. The SMILES string of the molecule is CCOC(=O)c1csc(CNC(=O)[C@@H]2C[C@]23CCOc2cc(C)c(C)cc23)n1. The minimum atomic E-state index is -0.429. The van der Waals surface area contributed by atoms with Crippen molar-refractivity contribution in [2.45, 2.75) is 45.6 Å². The van der Waals surface area contributed by atoms with Crippen LogP contribution in [0.2, 0.25) is 0 Å². The first-order valence-corrected chi connectivity index (χ1v) is 10.5. The molecule has 1 fully saturated rings. The average Bonchev–Trinajstić information content (AvgIpc) is 3.18. The van der Waals surface area contributed by atoms with Crippen LogP contribution in [0.5, 0.6) is 5.75 Å². The first-order valence-electron chi connectivity index (χ1n) is 9.58. The number of rotatable bonds is 5. The Morgan fingerprint density at radius 3 is 2.93 bits per heavy atom. The number of fused-ring (bicyclic) bond motifs is 2. The fraction of sp³-hybridized carbons (Fsp3) is 0.476. The second-order valence-electron chi connectivity index (χ2n) is 7.51. The number of thiazole rings is 1. The van der Waals surface area contributed by atoms with Gasteiger partial charge in [0.15, 0.2) is 5.69 Å². The molecular formula is C21H24N2O4S. The van der Waals surface area contributed by atoms with Crippen molar-refractivity contribution in [1.29, 1.82) is 0 Å². The van der Waals surface area contributed by atoms with Gasteiger partial charge in [0.2, 0.25) is 5.91 Å². The zero-order valence-electron chi connectivity index (χ0n) is 16.3. The molecule has 0 bridgehead atoms. The summed E-state index contributed by atoms with van der Waals surface area (Å²) in [5.41, 5.74) is 3.79. The van der Waals surface area contributed by atoms with Crippen molar-refractivity contribution in [3.63, 3.8) is 0 Å². The van der Waals surface area contributed by atoms with Crippen molar-refractivity contribution < 1.29 is 19.1 Å². The summed E-state index contributed by atoms with van der Waals surface area (Å²) < 4.78 is 10.8. The molecule has 0 radical (unpaired) electrons. The van der Waals surface area contributed by atoms with Gasteiger partial charge >= 0.3 is 5.97 Å². The third kappa shape index (κ3) is 3.28. The van der Waals surface area contributed by atoms with Crippen molar-refractivity contribution in [2.75, 3.05) is 13.2 Å². The summed E-state index contributed by atoms with van der Waals surface area (Å²) in [5.74, 6) is 0.492. The summed E-state index contributed by atoms with van der Waals surface area (Å²) in [6, 6.07) is 4.27. The number of hydrogen-bond donors (Lipinski definition) is 1. The van der Waals surface area contributed by atoms with Crippen LogP contribution in [0.25, 0.3) is 0 Å². The lowest BCUT2D eigenvalue weighted by Crippen LogP contribution is -2.30. The highest BCUT2D eigenvalue weighted by atomic mass is 32.1. The molecule has 1 spiro atoms. The van der Waals surface area contributed by atoms with E-state index in [1.165, 1.54) is 28.0 Å². The summed E-state index contributed by atoms with van der Waals surface area (Å²) in [5, 5.41) is 5.35. The van der Waals surface area contributed by atoms with Gasteiger partial charge in [0.05, 0.1) is 19.8 Å². The lowest BCUT2D eigenvalue weighted by Gasteiger charge is -2.28. The predicted octanol–water partition coefficient (Wildman–Crippen LogP) is 3.29. The number of esters is 1. The molecule has 2 atom stereocenters. The molecule has 1 aliphatic heterocycles. The highest BCUT2D eigenvalue weighted by Crippen LogP contribution is 2.61. The second kappa shape index (κ2) is 7.20. The van der Waals surface area contributed by atoms with Crippen LogP contribution in [0.15, 0.2) is 17.5 Å². The Hall–Kier alpha value is -2.41. The molecule has 6 nitrogen and oxygen atoms in total. The monoisotopic (exact) mass is 400 g/mol. The Kier molecular flexibility index (Phi) is 4.87. The summed E-state index contributed by atoms with van der Waals surface area (Å²) >= 11 is 1.35. The van der Waals surface area contributed by atoms with Crippen molar-refractivity contribution in [3.05, 3.63) is 44.9 Å². The number of benzene rings is 1. The molecule has 28 heavy (non-hydrogen) atoms. The highest BCUT2D eigenvalue weighted by molar-refractivity contribution is 7.09. The molecule has 1 saturated carbocycles. The number of nitrogens with zero attached hydrogens (tertiary/aromatic N) is 1. The number of amides is 1. The van der Waals surface area contributed by atoms with Crippen LogP contribution in [0.3, 0.4) is 0 Å². The van der Waals surface area contributed by atoms with Gasteiger partial charge in [0.25, 0.3) is 0 Å². The average molecular weight is 401 g/mol. The lowest BCUT2D eigenvalue weighted by atomic mass is 9.85. The molecule has 0 saturated heterocycles. The van der Waals surface area contributed by atoms with E-state index in [1.54, 1.807) is 12.3 Å². The minimum absolute atomic E-state index is 0.0401. The van der Waals surface area contributed by atoms with Crippen LogP contribution in [0.1, 0.15) is 52.0 Å². The summed E-state index contributed by atoms with van der Waals surface area (Å²) in [6.45, 7) is 7.22. The van der Waals surface area contributed by atoms with E-state index in [0.717, 1.165) is 18.6 Å². The van der Waals surface area contributed by atoms with E-state index >= 15 is 0 Å². The number of nitrogens with one attached hydrogen (secondary N) is 1. The Bertz CT molecular complexity index is 938. The topological polar surface area (TPSA) is 77.5 Å². The van der Waals surface area contributed by atoms with Crippen molar-refractivity contribution in [3.8, 4) is 5.75 Å². The maximum absolute atomic E-state index is 12.8. The standard InChI is InChI=1S/C21H24N2O4S/c1-4-26-20(25)16-11-28-18(23-16)10-22-19(24)15-9-21(15)5-6-27-17-8-13(3)12(2)7-14(17)21/h7-8,11,15H,4-6,9-10H2,1-3H3,(H,22,24)/t15-,21-/m0/s1. The van der Waals surface area contributed by atoms with Gasteiger partial charge in [-0.15, -0.1) is 11.3 Å². The number of hydrogen-bond acceptors (Lipinski definition) is 6. The van der Waals surface area contributed by atoms with Crippen LogP contribution in [-0.2, 0) is 21.5 Å². The van der Waals surface area contributed by atoms with Gasteiger partial charge < -0.3 is 14.8 Å². The Labute approximate surface area is 168 Å². The first-order chi connectivity index (χ1) is 13.4. The van der Waals surface area contributed by atoms with Crippen LogP contribution >= 0.6 is 11.3 Å². The summed E-state index contributed by atoms with van der Waals surface area (Å²) in [7, 11) is 0. The third-order valence-electron chi connectivity index (χ3n) is 5.78. The van der Waals surface area contributed by atoms with E-state index in [2.05, 4.69) is 36.3 Å². The molecule has 7 heteroatoms. The fourth-order valence-corrected chi connectivity index (χ4v) is 4.68. The fourth-order valence-electron chi connectivity index (χ4n) is 3.98. The molecule has 1 aromatic heterocycles. The van der Waals surface area contributed by atoms with Crippen LogP contribution < -0.4 is 10.1 Å². The van der Waals surface area contributed by atoms with E-state index in [9.17, 15) is 9.59 Å². The van der Waals surface area contributed by atoms with E-state index in [1.807, 2.05) is 0 Å². The minimum Gasteiger partial charge on any atom is -0.493 e. The van der Waals surface area contributed by atoms with Crippen molar-refractivity contribution in [1.82, 2.24) is 10.3 Å². The first kappa shape index (κ1) is 18.9. The van der Waals surface area contributed by atoms with Crippen molar-refractivity contribution in [2.24, 2.45) is 5.92 Å². The predicted molar refractivity (Wildman–Crippen MR) is 106 cm³/mol. The van der Waals surface area contributed by atoms with Gasteiger partial charge in [-0.3, -0.25) is 4.79 Å². The van der Waals surface area contributed by atoms with Crippen molar-refractivity contribution >= 4 is 23.2 Å². The molecule has 2 heterocycles. The molecular weight excluding hydrogens is 376 g/mol. The maximum atomic E-state index is 12.8. The molecule has 1 N–H and O–H groups in total. The van der Waals surface area contributed by atoms with Gasteiger partial charge in [-0.1, -0.05) is 6.07 Å². The molecule has 2 aromatic rings. The molecule has 1 amide bonds. The van der Waals surface area contributed by atoms with Gasteiger partial charge in [-0.05, 0) is 50.8 Å². The molecule has 2 aliphatic rings. The smallest absolute Gasteiger partial charge is 0.357 e. The largest absolute Gasteiger partial charge is 0.493 e. The number of carbonyl (C=O) groups is 2. The quantitative estimate of drug-likeness (QED) is 0.780. The molecule has 1 aliphatic carbocycles. The summed E-state index contributed by atoms with van der Waals surface area (Å²) in [4.78, 5) is 28.7. The van der Waals surface area contributed by atoms with Crippen LogP contribution in [0, 0.1) is 19.8 Å². The number of aromatic nitrogens is 1. The second-order valence-corrected chi connectivity index (χ2v) is 8.45. The van der Waals surface area contributed by atoms with E-state index < -0.39 is 5.97 Å². The highest BCUT2D eigenvalue weighted by Gasteiger charge is 2.61. The van der Waals surface area contributed by atoms with E-state index in [-0.39, 0.29) is 17.2 Å². The normalized spacial score (nSPS) is 22.3. The van der Waals surface area contributed by atoms with Gasteiger partial charge in [0, 0.05) is 22.3 Å². The number of aryl methyl sites for hydroxylation is 2. The Balaban J connectivity index is 1.42. The van der Waals surface area contributed by atoms with Gasteiger partial charge in [-0.25, -0.2) is 9.78 Å². The van der Waals surface area contributed by atoms with Crippen LogP contribution in [-0.4, -0.2) is 30.1 Å². The van der Waals surface area contributed by atoms with Crippen LogP contribution in [0.4, 0.5) is 0 Å².